The molecule has 0 unspecified atom stereocenters. The third-order valence-electron chi connectivity index (χ3n) is 5.51. The van der Waals surface area contributed by atoms with E-state index >= 15 is 0 Å². The van der Waals surface area contributed by atoms with Crippen LogP contribution in [0.15, 0.2) is 82.3 Å². The van der Waals surface area contributed by atoms with Crippen LogP contribution in [0.2, 0.25) is 0 Å². The van der Waals surface area contributed by atoms with E-state index in [1.807, 2.05) is 30.3 Å². The van der Waals surface area contributed by atoms with E-state index in [-0.39, 0.29) is 13.1 Å². The highest BCUT2D eigenvalue weighted by Gasteiger charge is 2.41. The third kappa shape index (κ3) is 5.68. The summed E-state index contributed by atoms with van der Waals surface area (Å²) < 4.78 is 72.4. The molecule has 10 heteroatoms. The van der Waals surface area contributed by atoms with Gasteiger partial charge in [-0.2, -0.15) is 17.5 Å². The molecule has 1 heterocycles. The van der Waals surface area contributed by atoms with E-state index in [0.717, 1.165) is 28.1 Å². The Morgan fingerprint density at radius 1 is 0.971 bits per heavy atom. The van der Waals surface area contributed by atoms with Crippen LogP contribution in [0.3, 0.4) is 0 Å². The van der Waals surface area contributed by atoms with Gasteiger partial charge in [-0.25, -0.2) is 8.42 Å². The summed E-state index contributed by atoms with van der Waals surface area (Å²) in [4.78, 5) is 14.3. The van der Waals surface area contributed by atoms with Crippen LogP contribution in [0.5, 0.6) is 0 Å². The first-order valence-corrected chi connectivity index (χ1v) is 12.1. The van der Waals surface area contributed by atoms with Gasteiger partial charge in [-0.1, -0.05) is 36.4 Å². The first kappa shape index (κ1) is 24.0. The highest BCUT2D eigenvalue weighted by Crippen LogP contribution is 2.35. The number of rotatable bonds is 9. The molecule has 6 nitrogen and oxygen atoms in total. The van der Waals surface area contributed by atoms with Gasteiger partial charge < -0.3 is 9.32 Å². The van der Waals surface area contributed by atoms with Crippen molar-refractivity contribution in [3.8, 4) is 0 Å². The number of hydrogen-bond acceptors (Lipinski definition) is 4. The van der Waals surface area contributed by atoms with E-state index in [1.54, 1.807) is 12.1 Å². The number of amides is 1. The zero-order valence-corrected chi connectivity index (χ0v) is 18.9. The summed E-state index contributed by atoms with van der Waals surface area (Å²) in [6.45, 7) is -0.123. The number of alkyl halides is 3. The molecule has 0 N–H and O–H groups in total. The SMILES string of the molecule is O=C(CN(C1CC1)S(=O)(=O)c1cccc(C(F)(F)F)c1)N(Cc1ccccc1)Cc1ccco1. The van der Waals surface area contributed by atoms with Crippen LogP contribution in [0.25, 0.3) is 0 Å². The molecule has 0 spiro atoms. The second kappa shape index (κ2) is 9.63. The van der Waals surface area contributed by atoms with Crippen molar-refractivity contribution in [1.82, 2.24) is 9.21 Å². The maximum atomic E-state index is 13.3. The minimum atomic E-state index is -4.68. The Labute approximate surface area is 195 Å². The van der Waals surface area contributed by atoms with Crippen molar-refractivity contribution < 1.29 is 30.8 Å². The van der Waals surface area contributed by atoms with Gasteiger partial charge in [0.15, 0.2) is 0 Å². The fourth-order valence-electron chi connectivity index (χ4n) is 3.60. The molecule has 1 aliphatic carbocycles. The van der Waals surface area contributed by atoms with Gasteiger partial charge in [0.1, 0.15) is 5.76 Å². The zero-order valence-electron chi connectivity index (χ0n) is 18.1. The van der Waals surface area contributed by atoms with E-state index < -0.39 is 45.2 Å². The van der Waals surface area contributed by atoms with E-state index in [4.69, 9.17) is 4.42 Å². The maximum Gasteiger partial charge on any atom is 0.416 e. The number of carbonyl (C=O) groups is 1. The van der Waals surface area contributed by atoms with Crippen LogP contribution in [0, 0.1) is 0 Å². The van der Waals surface area contributed by atoms with Crippen molar-refractivity contribution in [2.24, 2.45) is 0 Å². The van der Waals surface area contributed by atoms with Crippen LogP contribution in [-0.4, -0.2) is 36.1 Å². The summed E-state index contributed by atoms with van der Waals surface area (Å²) in [6.07, 6.45) is -2.11. The number of hydrogen-bond donors (Lipinski definition) is 0. The lowest BCUT2D eigenvalue weighted by Crippen LogP contribution is -2.43. The van der Waals surface area contributed by atoms with Gasteiger partial charge in [0, 0.05) is 12.6 Å². The Kier molecular flexibility index (Phi) is 6.81. The van der Waals surface area contributed by atoms with Crippen LogP contribution < -0.4 is 0 Å². The summed E-state index contributed by atoms with van der Waals surface area (Å²) in [5.74, 6) is 0.0608. The second-order valence-corrected chi connectivity index (χ2v) is 10.0. The minimum Gasteiger partial charge on any atom is -0.467 e. The van der Waals surface area contributed by atoms with Crippen molar-refractivity contribution in [3.63, 3.8) is 0 Å². The van der Waals surface area contributed by atoms with E-state index in [9.17, 15) is 26.4 Å². The van der Waals surface area contributed by atoms with Crippen LogP contribution in [0.4, 0.5) is 13.2 Å². The summed E-state index contributed by atoms with van der Waals surface area (Å²) in [7, 11) is -4.32. The van der Waals surface area contributed by atoms with Gasteiger partial charge in [0.25, 0.3) is 0 Å². The second-order valence-electron chi connectivity index (χ2n) is 8.12. The van der Waals surface area contributed by atoms with Crippen LogP contribution in [0.1, 0.15) is 29.7 Å². The van der Waals surface area contributed by atoms with Gasteiger partial charge in [-0.05, 0) is 48.7 Å². The molecule has 2 aromatic carbocycles. The molecule has 4 rings (SSSR count). The lowest BCUT2D eigenvalue weighted by Gasteiger charge is -2.27. The minimum absolute atomic E-state index is 0.128. The van der Waals surface area contributed by atoms with Gasteiger partial charge in [-0.3, -0.25) is 4.79 Å². The molecule has 180 valence electrons. The first-order chi connectivity index (χ1) is 16.1. The van der Waals surface area contributed by atoms with E-state index in [0.29, 0.717) is 24.7 Å². The number of sulfonamides is 1. The van der Waals surface area contributed by atoms with Crippen molar-refractivity contribution >= 4 is 15.9 Å². The maximum absolute atomic E-state index is 13.3. The first-order valence-electron chi connectivity index (χ1n) is 10.7. The predicted molar refractivity (Wildman–Crippen MR) is 118 cm³/mol. The molecule has 0 atom stereocenters. The fraction of sp³-hybridized carbons (Fsp3) is 0.292. The Morgan fingerprint density at radius 3 is 2.32 bits per heavy atom. The number of nitrogens with zero attached hydrogens (tertiary/aromatic N) is 2. The average molecular weight is 493 g/mol. The number of benzene rings is 2. The number of carbonyl (C=O) groups excluding carboxylic acids is 1. The summed E-state index contributed by atoms with van der Waals surface area (Å²) in [5, 5.41) is 0. The molecular formula is C24H23F3N2O4S. The molecular weight excluding hydrogens is 469 g/mol. The van der Waals surface area contributed by atoms with Gasteiger partial charge >= 0.3 is 6.18 Å². The molecule has 0 aliphatic heterocycles. The standard InChI is InChI=1S/C24H23F3N2O4S/c25-24(26,27)19-8-4-10-22(14-19)34(31,32)29(20-11-12-20)17-23(30)28(16-21-9-5-13-33-21)15-18-6-2-1-3-7-18/h1-10,13-14,20H,11-12,15-17H2. The molecule has 1 fully saturated rings. The highest BCUT2D eigenvalue weighted by atomic mass is 32.2. The Hall–Kier alpha value is -3.11. The Bertz CT molecular complexity index is 1220. The summed E-state index contributed by atoms with van der Waals surface area (Å²) in [5.41, 5.74) is -0.208. The molecule has 34 heavy (non-hydrogen) atoms. The predicted octanol–water partition coefficient (Wildman–Crippen LogP) is 4.68. The number of furan rings is 1. The third-order valence-corrected chi connectivity index (χ3v) is 7.40. The molecule has 3 aromatic rings. The quantitative estimate of drug-likeness (QED) is 0.435. The van der Waals surface area contributed by atoms with Crippen molar-refractivity contribution in [2.75, 3.05) is 6.54 Å². The van der Waals surface area contributed by atoms with Gasteiger partial charge in [0.2, 0.25) is 15.9 Å². The smallest absolute Gasteiger partial charge is 0.416 e. The summed E-state index contributed by atoms with van der Waals surface area (Å²) >= 11 is 0. The largest absolute Gasteiger partial charge is 0.467 e. The molecule has 0 bridgehead atoms. The zero-order chi connectivity index (χ0) is 24.3. The molecule has 1 saturated carbocycles. The molecule has 1 aromatic heterocycles. The van der Waals surface area contributed by atoms with Crippen molar-refractivity contribution in [1.29, 1.82) is 0 Å². The molecule has 0 radical (unpaired) electrons. The topological polar surface area (TPSA) is 70.8 Å². The van der Waals surface area contributed by atoms with Gasteiger partial charge in [0.05, 0.1) is 29.8 Å². The lowest BCUT2D eigenvalue weighted by molar-refractivity contribution is -0.137. The molecule has 0 saturated heterocycles. The lowest BCUT2D eigenvalue weighted by atomic mass is 10.2. The Balaban J connectivity index is 1.59. The van der Waals surface area contributed by atoms with Crippen LogP contribution in [-0.2, 0) is 34.1 Å². The molecule has 1 aliphatic rings. The monoisotopic (exact) mass is 492 g/mol. The molecule has 1 amide bonds. The normalized spacial score (nSPS) is 14.4. The van der Waals surface area contributed by atoms with Crippen LogP contribution >= 0.6 is 0 Å². The fourth-order valence-corrected chi connectivity index (χ4v) is 5.28. The van der Waals surface area contributed by atoms with E-state index in [1.165, 1.54) is 11.2 Å². The van der Waals surface area contributed by atoms with E-state index in [2.05, 4.69) is 0 Å². The summed E-state index contributed by atoms with van der Waals surface area (Å²) in [6, 6.07) is 15.8. The van der Waals surface area contributed by atoms with Gasteiger partial charge in [-0.15, -0.1) is 0 Å². The number of halogens is 3. The van der Waals surface area contributed by atoms with Crippen molar-refractivity contribution in [2.45, 2.75) is 43.0 Å². The average Bonchev–Trinajstić information content (AvgIpc) is 3.52. The Morgan fingerprint density at radius 2 is 1.71 bits per heavy atom. The van der Waals surface area contributed by atoms with Crippen molar-refractivity contribution in [3.05, 3.63) is 89.9 Å². The highest BCUT2D eigenvalue weighted by molar-refractivity contribution is 7.89.